The quantitative estimate of drug-likeness (QED) is 0.667. The lowest BCUT2D eigenvalue weighted by Gasteiger charge is -2.47. The summed E-state index contributed by atoms with van der Waals surface area (Å²) in [5.74, 6) is -5.34. The number of carbonyl (C=O) groups is 1. The van der Waals surface area contributed by atoms with Gasteiger partial charge in [-0.25, -0.2) is 0 Å². The van der Waals surface area contributed by atoms with Crippen molar-refractivity contribution in [2.75, 3.05) is 27.1 Å². The Labute approximate surface area is 197 Å². The molecule has 6 nitrogen and oxygen atoms in total. The second-order valence-electron chi connectivity index (χ2n) is 8.19. The SMILES string of the molecule is [2H]C([2H])([2H])Oc1cc2c(cc1OC)C1N(C([2H])([2H])C2([2H])[2H])C([2H])([2H])C([2H])(CC(C)C)C(OC(=O)[C@@H](N)C(C)C)C1([2H])[2H]. The van der Waals surface area contributed by atoms with Crippen LogP contribution in [0.15, 0.2) is 12.1 Å². The largest absolute Gasteiger partial charge is 0.493 e. The van der Waals surface area contributed by atoms with Crippen LogP contribution in [0, 0.1) is 17.7 Å². The van der Waals surface area contributed by atoms with E-state index in [-0.39, 0.29) is 11.3 Å². The molecule has 2 aliphatic rings. The first-order valence-electron chi connectivity index (χ1n) is 16.0. The minimum atomic E-state index is -3.31. The summed E-state index contributed by atoms with van der Waals surface area (Å²) >= 11 is 0. The molecular weight excluding hydrogens is 380 g/mol. The lowest BCUT2D eigenvalue weighted by Crippen LogP contribution is -2.51. The third kappa shape index (κ3) is 4.75. The monoisotopic (exact) mass is 430 g/mol. The van der Waals surface area contributed by atoms with E-state index in [9.17, 15) is 8.91 Å². The molecule has 0 aromatic heterocycles. The zero-order valence-corrected chi connectivity index (χ0v) is 17.9. The van der Waals surface area contributed by atoms with Gasteiger partial charge < -0.3 is 19.9 Å². The molecule has 30 heavy (non-hydrogen) atoms. The molecule has 0 spiro atoms. The summed E-state index contributed by atoms with van der Waals surface area (Å²) in [6, 6.07) is -1.25. The molecule has 3 unspecified atom stereocenters. The normalized spacial score (nSPS) is 40.4. The van der Waals surface area contributed by atoms with E-state index in [1.165, 1.54) is 0 Å². The molecule has 0 saturated carbocycles. The van der Waals surface area contributed by atoms with Crippen LogP contribution in [0.25, 0.3) is 0 Å². The first-order chi connectivity index (χ1) is 18.8. The van der Waals surface area contributed by atoms with E-state index >= 15 is 0 Å². The van der Waals surface area contributed by atoms with Gasteiger partial charge >= 0.3 is 5.97 Å². The van der Waals surface area contributed by atoms with Crippen molar-refractivity contribution < 1.29 is 35.5 Å². The molecule has 168 valence electrons. The van der Waals surface area contributed by atoms with Crippen molar-refractivity contribution in [3.8, 4) is 11.5 Å². The summed E-state index contributed by atoms with van der Waals surface area (Å²) in [5.41, 5.74) is 5.16. The van der Waals surface area contributed by atoms with Crippen molar-refractivity contribution in [2.24, 2.45) is 23.5 Å². The summed E-state index contributed by atoms with van der Waals surface area (Å²) in [4.78, 5) is 13.5. The number of hydrogen-bond acceptors (Lipinski definition) is 6. The minimum Gasteiger partial charge on any atom is -0.493 e. The number of methoxy groups -OCH3 is 2. The molecule has 6 heteroatoms. The number of piperidine rings is 1. The second kappa shape index (κ2) is 9.56. The summed E-state index contributed by atoms with van der Waals surface area (Å²) in [6.45, 7) is 0.108. The maximum absolute atomic E-state index is 13.1. The van der Waals surface area contributed by atoms with Crippen molar-refractivity contribution in [3.05, 3.63) is 23.3 Å². The molecule has 0 radical (unpaired) electrons. The fourth-order valence-electron chi connectivity index (χ4n) is 3.35. The highest BCUT2D eigenvalue weighted by Crippen LogP contribution is 2.44. The van der Waals surface area contributed by atoms with E-state index in [0.29, 0.717) is 4.90 Å². The van der Waals surface area contributed by atoms with Gasteiger partial charge in [-0.15, -0.1) is 0 Å². The van der Waals surface area contributed by atoms with E-state index in [4.69, 9.17) is 32.3 Å². The molecule has 1 fully saturated rings. The standard InChI is InChI=1S/C24H38N2O4/c1-14(2)9-17-13-26-8-7-16-10-21(28-5)22(29-6)11-18(16)19(26)12-20(17)30-24(27)23(25)15(3)4/h10-11,14-15,17,19-20,23H,7-9,12-13,25H2,1-6H3/t17?,19?,20?,23-/m0/s1/i5D3,7D2,8D2,12D2,13D2,17D. The first-order valence-corrected chi connectivity index (χ1v) is 9.96. The van der Waals surface area contributed by atoms with Gasteiger partial charge in [-0.05, 0) is 47.9 Å². The van der Waals surface area contributed by atoms with Crippen molar-refractivity contribution >= 4 is 5.97 Å². The number of fused-ring (bicyclic) bond motifs is 3. The highest BCUT2D eigenvalue weighted by atomic mass is 16.5. The molecule has 2 aliphatic heterocycles. The number of nitrogens with zero attached hydrogens (tertiary/aromatic N) is 1. The maximum Gasteiger partial charge on any atom is 0.323 e. The van der Waals surface area contributed by atoms with Crippen molar-refractivity contribution in [2.45, 2.75) is 65.0 Å². The van der Waals surface area contributed by atoms with E-state index in [1.807, 2.05) is 0 Å². The van der Waals surface area contributed by atoms with Crippen LogP contribution in [0.3, 0.4) is 0 Å². The van der Waals surface area contributed by atoms with Gasteiger partial charge in [-0.2, -0.15) is 0 Å². The van der Waals surface area contributed by atoms with E-state index < -0.39 is 92.4 Å². The van der Waals surface area contributed by atoms with Gasteiger partial charge in [0.1, 0.15) is 12.1 Å². The Kier molecular flexibility index (Phi) is 3.74. The molecule has 3 rings (SSSR count). The number of aryl methyl sites for hydroxylation is 1. The van der Waals surface area contributed by atoms with Crippen LogP contribution in [-0.4, -0.2) is 50.2 Å². The molecule has 1 aromatic rings. The third-order valence-corrected chi connectivity index (χ3v) is 5.05. The fraction of sp³-hybridized carbons (Fsp3) is 0.708. The van der Waals surface area contributed by atoms with Gasteiger partial charge in [0.25, 0.3) is 0 Å². The average molecular weight is 431 g/mol. The lowest BCUT2D eigenvalue weighted by molar-refractivity contribution is -0.160. The highest BCUT2D eigenvalue weighted by molar-refractivity contribution is 5.76. The van der Waals surface area contributed by atoms with Gasteiger partial charge in [-0.3, -0.25) is 9.69 Å². The Bertz CT molecular complexity index is 1210. The maximum atomic E-state index is 13.1. The van der Waals surface area contributed by atoms with Crippen LogP contribution < -0.4 is 15.2 Å². The third-order valence-electron chi connectivity index (χ3n) is 5.05. The molecule has 0 amide bonds. The van der Waals surface area contributed by atoms with E-state index in [2.05, 4.69) is 0 Å². The topological polar surface area (TPSA) is 74.0 Å². The lowest BCUT2D eigenvalue weighted by atomic mass is 9.79. The molecule has 2 N–H and O–H groups in total. The van der Waals surface area contributed by atoms with Crippen molar-refractivity contribution in [3.63, 3.8) is 0 Å². The first kappa shape index (κ1) is 11.7. The molecule has 0 aliphatic carbocycles. The van der Waals surface area contributed by atoms with Gasteiger partial charge in [0.2, 0.25) is 0 Å². The van der Waals surface area contributed by atoms with Gasteiger partial charge in [0, 0.05) is 43.6 Å². The van der Waals surface area contributed by atoms with E-state index in [1.54, 1.807) is 27.7 Å². The predicted molar refractivity (Wildman–Crippen MR) is 118 cm³/mol. The Balaban J connectivity index is 2.42. The molecular formula is C24H38N2O4. The number of benzene rings is 1. The molecule has 2 heterocycles. The molecule has 1 saturated heterocycles. The van der Waals surface area contributed by atoms with Crippen LogP contribution in [0.5, 0.6) is 11.5 Å². The molecule has 4 atom stereocenters. The highest BCUT2D eigenvalue weighted by Gasteiger charge is 2.41. The number of nitrogens with two attached hydrogens (primary N) is 1. The van der Waals surface area contributed by atoms with Crippen LogP contribution in [0.1, 0.15) is 74.1 Å². The van der Waals surface area contributed by atoms with Crippen molar-refractivity contribution in [1.29, 1.82) is 0 Å². The fourth-order valence-corrected chi connectivity index (χ4v) is 3.35. The molecule has 0 bridgehead atoms. The number of ether oxygens (including phenoxy) is 3. The van der Waals surface area contributed by atoms with Crippen LogP contribution in [0.2, 0.25) is 0 Å². The minimum absolute atomic E-state index is 0.264. The van der Waals surface area contributed by atoms with Gasteiger partial charge in [-0.1, -0.05) is 27.7 Å². The molecule has 1 aromatic carbocycles. The average Bonchev–Trinajstić information content (AvgIpc) is 2.81. The number of hydrogen-bond donors (Lipinski definition) is 1. The Morgan fingerprint density at radius 3 is 2.70 bits per heavy atom. The Morgan fingerprint density at radius 1 is 1.33 bits per heavy atom. The second-order valence-corrected chi connectivity index (χ2v) is 8.19. The van der Waals surface area contributed by atoms with Crippen LogP contribution >= 0.6 is 0 Å². The zero-order chi connectivity index (χ0) is 32.6. The summed E-state index contributed by atoms with van der Waals surface area (Å²) < 4.78 is 120. The van der Waals surface area contributed by atoms with Gasteiger partial charge in [0.05, 0.1) is 18.3 Å². The zero-order valence-electron chi connectivity index (χ0n) is 29.9. The number of rotatable bonds is 7. The number of carbonyl (C=O) groups excluding carboxylic acids is 1. The van der Waals surface area contributed by atoms with Crippen molar-refractivity contribution in [1.82, 2.24) is 4.90 Å². The van der Waals surface area contributed by atoms with E-state index in [0.717, 1.165) is 19.2 Å². The Morgan fingerprint density at radius 2 is 2.07 bits per heavy atom. The number of esters is 1. The van der Waals surface area contributed by atoms with Crippen LogP contribution in [-0.2, 0) is 15.9 Å². The summed E-state index contributed by atoms with van der Waals surface area (Å²) in [7, 11) is -1.84. The summed E-state index contributed by atoms with van der Waals surface area (Å²) in [6.07, 6.45) is -8.51. The van der Waals surface area contributed by atoms with Crippen LogP contribution in [0.4, 0.5) is 0 Å². The summed E-state index contributed by atoms with van der Waals surface area (Å²) in [5, 5.41) is 0. The smallest absolute Gasteiger partial charge is 0.323 e. The van der Waals surface area contributed by atoms with Gasteiger partial charge in [0.15, 0.2) is 11.5 Å². The predicted octanol–water partition coefficient (Wildman–Crippen LogP) is 3.56. The Hall–Kier alpha value is -1.79.